The molecule has 22 nitrogen and oxygen atoms in total. The summed E-state index contributed by atoms with van der Waals surface area (Å²) in [4.78, 5) is 15.4. The Morgan fingerprint density at radius 2 is 1.22 bits per heavy atom. The first-order valence-corrected chi connectivity index (χ1v) is 36.3. The van der Waals surface area contributed by atoms with Gasteiger partial charge in [0.15, 0.2) is 12.1 Å². The normalized spacial score (nSPS) is 42.7. The van der Waals surface area contributed by atoms with E-state index >= 15 is 0 Å². The minimum absolute atomic E-state index is 0.00514. The van der Waals surface area contributed by atoms with E-state index in [4.69, 9.17) is 18.9 Å². The molecule has 0 aromatic carbocycles. The Morgan fingerprint density at radius 3 is 1.86 bits per heavy atom. The van der Waals surface area contributed by atoms with Gasteiger partial charge in [0.05, 0.1) is 116 Å². The number of allylic oxidation sites excluding steroid dienone is 2. The molecule has 3 aliphatic rings. The zero-order chi connectivity index (χ0) is 72.5. The largest absolute Gasteiger partial charge is 0.458 e. The molecule has 16 N–H and O–H groups in total. The molecule has 2 bridgehead atoms. The number of cyclic esters (lactones) is 1. The number of aliphatic hydroxyl groups is 16. The average Bonchev–Trinajstić information content (AvgIpc) is 0.771. The molecule has 29 unspecified atom stereocenters. The van der Waals surface area contributed by atoms with Gasteiger partial charge in [0.25, 0.3) is 0 Å². The number of rotatable bonds is 8. The molecule has 562 valence electrons. The van der Waals surface area contributed by atoms with Crippen LogP contribution in [-0.4, -0.2) is 241 Å². The standard InChI is InChI=1S/C74H135NO21/c1-42(2)21-15-17-24-53-35-46(6)64(86)38-55(77)26-20-28-60(82)49(9)59(81)27-18-16-22-45(5)69(88)50(10)65-40-66(95-73-72(91)68(75(13)14)70(89)52(12)94-73)51(11)74(92,96-65)41-67(87)93-47(7)30-31-56(78)36-54(76)25-19-23-43(3)48(8)61(83)33-29-44(4)63(85)39-58(80)37-57(79)32-34-62(84)71(53)90/h16,18,22,30-31,35,42-44,47-66,68-73,76-86,88-92H,15,17,19-21,23-29,32-34,36-41H2,1-14H3. The Morgan fingerprint density at radius 1 is 0.604 bits per heavy atom. The highest BCUT2D eigenvalue weighted by atomic mass is 16.7. The van der Waals surface area contributed by atoms with Crippen molar-refractivity contribution in [2.45, 2.75) is 352 Å². The van der Waals surface area contributed by atoms with Crippen molar-refractivity contribution in [1.82, 2.24) is 4.90 Å². The first kappa shape index (κ1) is 87.8. The molecule has 2 saturated heterocycles. The van der Waals surface area contributed by atoms with Gasteiger partial charge in [-0.3, -0.25) is 4.79 Å². The van der Waals surface area contributed by atoms with Crippen LogP contribution in [0.1, 0.15) is 218 Å². The van der Waals surface area contributed by atoms with Crippen LogP contribution in [0.5, 0.6) is 0 Å². The molecular formula is C74H135NO21. The maximum absolute atomic E-state index is 13.8. The highest BCUT2D eigenvalue weighted by molar-refractivity contribution is 5.71. The van der Waals surface area contributed by atoms with Crippen molar-refractivity contribution in [3.63, 3.8) is 0 Å². The van der Waals surface area contributed by atoms with Gasteiger partial charge >= 0.3 is 5.97 Å². The molecule has 3 heterocycles. The lowest BCUT2D eigenvalue weighted by atomic mass is 9.80. The Balaban J connectivity index is 1.86. The summed E-state index contributed by atoms with van der Waals surface area (Å²) in [5.74, 6) is -5.72. The van der Waals surface area contributed by atoms with Gasteiger partial charge < -0.3 is 106 Å². The van der Waals surface area contributed by atoms with Crippen molar-refractivity contribution < 1.29 is 105 Å². The third kappa shape index (κ3) is 29.9. The molecule has 0 aliphatic carbocycles. The number of hydrogen-bond acceptors (Lipinski definition) is 22. The lowest BCUT2D eigenvalue weighted by Gasteiger charge is -2.50. The van der Waals surface area contributed by atoms with Crippen LogP contribution in [0, 0.1) is 47.3 Å². The maximum atomic E-state index is 13.8. The van der Waals surface area contributed by atoms with Gasteiger partial charge in [-0.1, -0.05) is 118 Å². The van der Waals surface area contributed by atoms with E-state index in [1.807, 2.05) is 20.8 Å². The van der Waals surface area contributed by atoms with E-state index in [9.17, 15) is 86.5 Å². The highest BCUT2D eigenvalue weighted by Gasteiger charge is 2.53. The van der Waals surface area contributed by atoms with Crippen LogP contribution in [0.25, 0.3) is 0 Å². The molecule has 3 rings (SSSR count). The van der Waals surface area contributed by atoms with Crippen LogP contribution in [0.15, 0.2) is 47.6 Å². The summed E-state index contributed by atoms with van der Waals surface area (Å²) in [7, 11) is 3.42. The van der Waals surface area contributed by atoms with Crippen LogP contribution in [0.4, 0.5) is 0 Å². The Kier molecular flexibility index (Phi) is 39.9. The number of carbonyl (C=O) groups is 1. The fourth-order valence-electron chi connectivity index (χ4n) is 13.8. The van der Waals surface area contributed by atoms with Gasteiger partial charge in [-0.2, -0.15) is 0 Å². The monoisotopic (exact) mass is 1370 g/mol. The number of unbranched alkanes of at least 4 members (excludes halogenated alkanes) is 1. The first-order valence-electron chi connectivity index (χ1n) is 36.3. The maximum Gasteiger partial charge on any atom is 0.311 e. The average molecular weight is 1370 g/mol. The summed E-state index contributed by atoms with van der Waals surface area (Å²) in [6.07, 6.45) is -4.37. The Bertz CT molecular complexity index is 2270. The molecular weight excluding hydrogens is 1240 g/mol. The van der Waals surface area contributed by atoms with Crippen LogP contribution < -0.4 is 0 Å². The lowest BCUT2D eigenvalue weighted by Crippen LogP contribution is -2.64. The number of carbonyl (C=O) groups excluding carboxylic acids is 1. The number of nitrogens with zero attached hydrogens (tertiary/aromatic N) is 1. The smallest absolute Gasteiger partial charge is 0.311 e. The van der Waals surface area contributed by atoms with Crippen molar-refractivity contribution in [2.24, 2.45) is 47.3 Å². The Hall–Kier alpha value is -2.37. The molecule has 0 aromatic heterocycles. The fraction of sp³-hybridized carbons (Fsp3) is 0.878. The number of likely N-dealkylation sites (N-methyl/N-ethyl adjacent to an activating group) is 1. The summed E-state index contributed by atoms with van der Waals surface area (Å²) >= 11 is 0. The summed E-state index contributed by atoms with van der Waals surface area (Å²) in [6.45, 7) is 21.8. The summed E-state index contributed by atoms with van der Waals surface area (Å²) in [6, 6.07) is -0.772. The molecule has 29 atom stereocenters. The molecule has 0 amide bonds. The number of hydrogen-bond donors (Lipinski definition) is 16. The zero-order valence-corrected chi connectivity index (χ0v) is 60.7. The first-order chi connectivity index (χ1) is 44.9. The van der Waals surface area contributed by atoms with E-state index in [2.05, 4.69) is 13.8 Å². The van der Waals surface area contributed by atoms with Gasteiger partial charge in [0, 0.05) is 42.9 Å². The number of aliphatic hydroxyl groups excluding tert-OH is 15. The van der Waals surface area contributed by atoms with Gasteiger partial charge in [0.2, 0.25) is 0 Å². The van der Waals surface area contributed by atoms with E-state index in [1.165, 1.54) is 12.2 Å². The van der Waals surface area contributed by atoms with Crippen LogP contribution in [-0.2, 0) is 23.7 Å². The molecule has 22 heteroatoms. The third-order valence-corrected chi connectivity index (χ3v) is 21.3. The fourth-order valence-corrected chi connectivity index (χ4v) is 13.8. The van der Waals surface area contributed by atoms with Crippen molar-refractivity contribution in [2.75, 3.05) is 14.1 Å². The number of ether oxygens (including phenoxy) is 4. The van der Waals surface area contributed by atoms with Crippen molar-refractivity contribution in [3.05, 3.63) is 47.6 Å². The van der Waals surface area contributed by atoms with Crippen LogP contribution in [0.2, 0.25) is 0 Å². The van der Waals surface area contributed by atoms with Crippen LogP contribution >= 0.6 is 0 Å². The van der Waals surface area contributed by atoms with E-state index in [1.54, 1.807) is 91.8 Å². The lowest BCUT2D eigenvalue weighted by molar-refractivity contribution is -0.351. The van der Waals surface area contributed by atoms with E-state index in [0.29, 0.717) is 62.0 Å². The van der Waals surface area contributed by atoms with E-state index in [-0.39, 0.29) is 82.0 Å². The van der Waals surface area contributed by atoms with Crippen LogP contribution in [0.3, 0.4) is 0 Å². The summed E-state index contributed by atoms with van der Waals surface area (Å²) in [5.41, 5.74) is 1.02. The van der Waals surface area contributed by atoms with E-state index in [0.717, 1.165) is 19.3 Å². The predicted molar refractivity (Wildman–Crippen MR) is 368 cm³/mol. The second kappa shape index (κ2) is 43.6. The summed E-state index contributed by atoms with van der Waals surface area (Å²) in [5, 5.41) is 180. The molecule has 0 saturated carbocycles. The van der Waals surface area contributed by atoms with Crippen molar-refractivity contribution in [1.29, 1.82) is 0 Å². The zero-order valence-electron chi connectivity index (χ0n) is 60.7. The SMILES string of the molecule is CC1=CC(CCCCC(C)C)C(O)C(O)CCC(O)CC(O)CC(O)C(C)CCC(O)C(C)C(C)CCCC(O)CC(O)C=CC(C)OC(=O)CC2(O)OC(CC(OC3OC(C)C(O)C(N(C)C)C3O)C2C)C(C)C(O)C(C)=CC=CCC(O)C(C)C(O)CCCC(O)CC1O. The second-order valence-electron chi connectivity index (χ2n) is 30.4. The third-order valence-electron chi connectivity index (χ3n) is 21.3. The quantitative estimate of drug-likeness (QED) is 0.0778. The van der Waals surface area contributed by atoms with Gasteiger partial charge in [0.1, 0.15) is 12.2 Å². The highest BCUT2D eigenvalue weighted by Crippen LogP contribution is 2.42. The molecule has 3 aliphatic heterocycles. The Labute approximate surface area is 575 Å². The van der Waals surface area contributed by atoms with Gasteiger partial charge in [-0.05, 0) is 160 Å². The second-order valence-corrected chi connectivity index (χ2v) is 30.4. The summed E-state index contributed by atoms with van der Waals surface area (Å²) < 4.78 is 24.6. The molecule has 2 fully saturated rings. The number of esters is 1. The molecule has 0 aromatic rings. The topological polar surface area (TPSA) is 381 Å². The minimum Gasteiger partial charge on any atom is -0.458 e. The van der Waals surface area contributed by atoms with Crippen molar-refractivity contribution >= 4 is 5.97 Å². The van der Waals surface area contributed by atoms with Gasteiger partial charge in [-0.15, -0.1) is 0 Å². The number of fused-ring (bicyclic) bond motifs is 2. The predicted octanol–water partition coefficient (Wildman–Crippen LogP) is 5.78. The minimum atomic E-state index is -2.24. The van der Waals surface area contributed by atoms with Crippen molar-refractivity contribution in [3.8, 4) is 0 Å². The van der Waals surface area contributed by atoms with Gasteiger partial charge in [-0.25, -0.2) is 0 Å². The molecule has 0 radical (unpaired) electrons. The molecule has 96 heavy (non-hydrogen) atoms. The van der Waals surface area contributed by atoms with E-state index < -0.39 is 170 Å². The molecule has 0 spiro atoms.